The molecule has 50 valence electrons. The van der Waals surface area contributed by atoms with E-state index in [9.17, 15) is 0 Å². The van der Waals surface area contributed by atoms with Gasteiger partial charge < -0.3 is 11.5 Å². The second kappa shape index (κ2) is 3.72. The van der Waals surface area contributed by atoms with E-state index in [1.807, 2.05) is 0 Å². The number of nitrogens with two attached hydrogens (primary N) is 2. The lowest BCUT2D eigenvalue weighted by Gasteiger charge is -1.92. The third-order valence-corrected chi connectivity index (χ3v) is 0.815. The van der Waals surface area contributed by atoms with Gasteiger partial charge in [-0.1, -0.05) is 0 Å². The number of hydrogen-bond donors (Lipinski definition) is 2. The van der Waals surface area contributed by atoms with E-state index in [4.69, 9.17) is 11.5 Å². The normalized spacial score (nSPS) is 13.4. The largest absolute Gasteiger partial charge is 0.401 e. The molecule has 0 amide bonds. The van der Waals surface area contributed by atoms with Crippen molar-refractivity contribution in [1.29, 1.82) is 0 Å². The van der Waals surface area contributed by atoms with Gasteiger partial charge in [-0.05, 0) is 19.7 Å². The number of allylic oxidation sites excluding steroid dienone is 2. The molecule has 0 rings (SSSR count). The zero-order chi connectivity index (χ0) is 7.28. The average molecular weight is 125 g/mol. The van der Waals surface area contributed by atoms with Gasteiger partial charge in [0.2, 0.25) is 0 Å². The smallest absolute Gasteiger partial charge is 0.0517 e. The summed E-state index contributed by atoms with van der Waals surface area (Å²) in [7, 11) is 0. The van der Waals surface area contributed by atoms with Crippen molar-refractivity contribution in [2.45, 2.75) is 6.92 Å². The highest BCUT2D eigenvalue weighted by Crippen LogP contribution is 1.90. The van der Waals surface area contributed by atoms with Crippen molar-refractivity contribution in [2.24, 2.45) is 16.5 Å². The van der Waals surface area contributed by atoms with E-state index < -0.39 is 0 Å². The summed E-state index contributed by atoms with van der Waals surface area (Å²) < 4.78 is 0. The Labute approximate surface area is 54.8 Å². The van der Waals surface area contributed by atoms with Crippen LogP contribution in [0.15, 0.2) is 28.7 Å². The Balaban J connectivity index is 4.06. The molecule has 0 unspecified atom stereocenters. The molecule has 0 aliphatic carbocycles. The van der Waals surface area contributed by atoms with Gasteiger partial charge in [-0.25, -0.2) is 0 Å². The summed E-state index contributed by atoms with van der Waals surface area (Å²) in [5, 5.41) is 0. The molecule has 0 heterocycles. The number of rotatable bonds is 2. The molecule has 9 heavy (non-hydrogen) atoms. The Morgan fingerprint density at radius 3 is 2.44 bits per heavy atom. The fourth-order valence-corrected chi connectivity index (χ4v) is 0.264. The molecule has 0 atom stereocenters. The maximum atomic E-state index is 5.38. The lowest BCUT2D eigenvalue weighted by Crippen LogP contribution is -2.03. The first kappa shape index (κ1) is 7.75. The van der Waals surface area contributed by atoms with E-state index in [-0.39, 0.29) is 0 Å². The maximum Gasteiger partial charge on any atom is 0.0517 e. The van der Waals surface area contributed by atoms with Crippen LogP contribution in [0, 0.1) is 0 Å². The van der Waals surface area contributed by atoms with Gasteiger partial charge in [-0.15, -0.1) is 0 Å². The van der Waals surface area contributed by atoms with Crippen LogP contribution in [0.25, 0.3) is 0 Å². The maximum absolute atomic E-state index is 5.38. The number of hydrogen-bond acceptors (Lipinski definition) is 3. The third kappa shape index (κ3) is 3.34. The second-order valence-corrected chi connectivity index (χ2v) is 1.64. The van der Waals surface area contributed by atoms with Gasteiger partial charge in [-0.3, -0.25) is 4.99 Å². The minimum absolute atomic E-state index is 0.530. The predicted octanol–water partition coefficient (Wildman–Crippen LogP) is 0.350. The highest BCUT2D eigenvalue weighted by Gasteiger charge is 1.83. The van der Waals surface area contributed by atoms with Crippen molar-refractivity contribution in [3.63, 3.8) is 0 Å². The first-order chi connectivity index (χ1) is 4.18. The average Bonchev–Trinajstić information content (AvgIpc) is 1.82. The minimum atomic E-state index is 0.530. The minimum Gasteiger partial charge on any atom is -0.401 e. The van der Waals surface area contributed by atoms with Crippen molar-refractivity contribution in [3.8, 4) is 0 Å². The van der Waals surface area contributed by atoms with Crippen LogP contribution in [0.4, 0.5) is 0 Å². The van der Waals surface area contributed by atoms with Gasteiger partial charge in [0.1, 0.15) is 0 Å². The fourth-order valence-electron chi connectivity index (χ4n) is 0.264. The van der Waals surface area contributed by atoms with Crippen molar-refractivity contribution in [1.82, 2.24) is 0 Å². The summed E-state index contributed by atoms with van der Waals surface area (Å²) in [6.07, 6.45) is 3.09. The molecule has 0 radical (unpaired) electrons. The lowest BCUT2D eigenvalue weighted by atomic mass is 10.3. The number of aliphatic imine (C=N–C) groups is 1. The van der Waals surface area contributed by atoms with Crippen LogP contribution < -0.4 is 11.5 Å². The molecule has 0 fully saturated rings. The van der Waals surface area contributed by atoms with Gasteiger partial charge >= 0.3 is 0 Å². The predicted molar refractivity (Wildman–Crippen MR) is 39.8 cm³/mol. The van der Waals surface area contributed by atoms with Gasteiger partial charge in [0, 0.05) is 11.9 Å². The van der Waals surface area contributed by atoms with E-state index in [2.05, 4.69) is 11.7 Å². The van der Waals surface area contributed by atoms with Gasteiger partial charge in [0.25, 0.3) is 0 Å². The van der Waals surface area contributed by atoms with E-state index >= 15 is 0 Å². The Kier molecular flexibility index (Phi) is 3.20. The lowest BCUT2D eigenvalue weighted by molar-refractivity contribution is 1.21. The molecule has 0 aromatic heterocycles. The molecule has 0 bridgehead atoms. The molecule has 0 aliphatic heterocycles. The molecule has 0 saturated heterocycles. The highest BCUT2D eigenvalue weighted by atomic mass is 14.7. The van der Waals surface area contributed by atoms with Crippen LogP contribution in [0.5, 0.6) is 0 Å². The molecule has 3 nitrogen and oxygen atoms in total. The molecule has 0 saturated carbocycles. The van der Waals surface area contributed by atoms with Crippen molar-refractivity contribution < 1.29 is 0 Å². The van der Waals surface area contributed by atoms with E-state index in [0.29, 0.717) is 11.4 Å². The van der Waals surface area contributed by atoms with Gasteiger partial charge in [0.15, 0.2) is 0 Å². The topological polar surface area (TPSA) is 64.4 Å². The number of nitrogens with zero attached hydrogens (tertiary/aromatic N) is 1. The van der Waals surface area contributed by atoms with Crippen LogP contribution in [0.1, 0.15) is 6.92 Å². The van der Waals surface area contributed by atoms with Gasteiger partial charge in [0.05, 0.1) is 5.70 Å². The van der Waals surface area contributed by atoms with E-state index in [0.717, 1.165) is 0 Å². The standard InChI is InChI=1S/C6H11N3/c1-5(7)6(8)3-4-9-2/h3-4H,2,7-8H2,1H3/b4-3-,6-5-. The molecule has 0 aliphatic rings. The summed E-state index contributed by atoms with van der Waals surface area (Å²) in [5.74, 6) is 0. The highest BCUT2D eigenvalue weighted by molar-refractivity contribution is 5.27. The zero-order valence-corrected chi connectivity index (χ0v) is 5.46. The first-order valence-corrected chi connectivity index (χ1v) is 2.52. The molecule has 0 spiro atoms. The Bertz CT molecular complexity index is 152. The molecular formula is C6H11N3. The summed E-state index contributed by atoms with van der Waals surface area (Å²) in [6, 6.07) is 0. The monoisotopic (exact) mass is 125 g/mol. The van der Waals surface area contributed by atoms with Crippen molar-refractivity contribution in [2.75, 3.05) is 0 Å². The fraction of sp³-hybridized carbons (Fsp3) is 0.167. The first-order valence-electron chi connectivity index (χ1n) is 2.52. The van der Waals surface area contributed by atoms with E-state index in [1.54, 1.807) is 13.0 Å². The molecule has 4 N–H and O–H groups in total. The Morgan fingerprint density at radius 2 is 2.11 bits per heavy atom. The van der Waals surface area contributed by atoms with Crippen LogP contribution in [-0.2, 0) is 0 Å². The SMILES string of the molecule is C=N/C=C\C(N)=C(/C)N. The molecule has 0 aromatic carbocycles. The molecular weight excluding hydrogens is 114 g/mol. The summed E-state index contributed by atoms with van der Waals surface area (Å²) in [4.78, 5) is 3.46. The zero-order valence-electron chi connectivity index (χ0n) is 5.46. The second-order valence-electron chi connectivity index (χ2n) is 1.64. The van der Waals surface area contributed by atoms with Crippen LogP contribution >= 0.6 is 0 Å². The van der Waals surface area contributed by atoms with Crippen LogP contribution in [-0.4, -0.2) is 6.72 Å². The van der Waals surface area contributed by atoms with Crippen LogP contribution in [0.2, 0.25) is 0 Å². The molecule has 0 aromatic rings. The Hall–Kier alpha value is -1.25. The summed E-state index contributed by atoms with van der Waals surface area (Å²) in [6.45, 7) is 4.96. The van der Waals surface area contributed by atoms with E-state index in [1.165, 1.54) is 6.20 Å². The molecule has 3 heteroatoms. The third-order valence-electron chi connectivity index (χ3n) is 0.815. The van der Waals surface area contributed by atoms with Gasteiger partial charge in [-0.2, -0.15) is 0 Å². The van der Waals surface area contributed by atoms with Crippen LogP contribution in [0.3, 0.4) is 0 Å². The Morgan fingerprint density at radius 1 is 1.56 bits per heavy atom. The quantitative estimate of drug-likeness (QED) is 0.413. The summed E-state index contributed by atoms with van der Waals surface area (Å²) >= 11 is 0. The van der Waals surface area contributed by atoms with Crippen molar-refractivity contribution in [3.05, 3.63) is 23.7 Å². The summed E-state index contributed by atoms with van der Waals surface area (Å²) in [5.41, 5.74) is 11.8. The van der Waals surface area contributed by atoms with Crippen molar-refractivity contribution >= 4 is 6.72 Å².